The van der Waals surface area contributed by atoms with Crippen LogP contribution in [0.2, 0.25) is 5.02 Å². The van der Waals surface area contributed by atoms with Gasteiger partial charge in [-0.05, 0) is 12.1 Å². The fourth-order valence-corrected chi connectivity index (χ4v) is 1.96. The van der Waals surface area contributed by atoms with Crippen molar-refractivity contribution in [3.05, 3.63) is 34.6 Å². The summed E-state index contributed by atoms with van der Waals surface area (Å²) >= 11 is 5.81. The molecule has 1 saturated heterocycles. The number of hydrogen-bond acceptors (Lipinski definition) is 6. The molecule has 4 amide bonds. The largest absolute Gasteiger partial charge is 0.335 e. The summed E-state index contributed by atoms with van der Waals surface area (Å²) in [5.41, 5.74) is 6.92. The van der Waals surface area contributed by atoms with Crippen LogP contribution in [0.1, 0.15) is 12.0 Å². The van der Waals surface area contributed by atoms with E-state index in [-0.39, 0.29) is 23.6 Å². The summed E-state index contributed by atoms with van der Waals surface area (Å²) in [4.78, 5) is 33.8. The first kappa shape index (κ1) is 17.8. The molecule has 1 aliphatic heterocycles. The van der Waals surface area contributed by atoms with Crippen molar-refractivity contribution in [1.29, 1.82) is 0 Å². The molecule has 1 unspecified atom stereocenters. The first-order chi connectivity index (χ1) is 11.5. The summed E-state index contributed by atoms with van der Waals surface area (Å²) in [6.45, 7) is 0.142. The molecule has 1 aliphatic rings. The van der Waals surface area contributed by atoms with E-state index in [0.29, 0.717) is 0 Å². The van der Waals surface area contributed by atoms with Gasteiger partial charge in [0.05, 0.1) is 11.2 Å². The number of carbonyl (C=O) groups excluding carboxylic acids is 3. The molecule has 9 nitrogen and oxygen atoms in total. The van der Waals surface area contributed by atoms with Crippen LogP contribution in [0.15, 0.2) is 23.3 Å². The monoisotopic (exact) mass is 356 g/mol. The van der Waals surface area contributed by atoms with Gasteiger partial charge >= 0.3 is 6.03 Å². The van der Waals surface area contributed by atoms with E-state index in [1.807, 2.05) is 5.32 Å². The second-order valence-corrected chi connectivity index (χ2v) is 5.06. The number of hydrazone groups is 1. The summed E-state index contributed by atoms with van der Waals surface area (Å²) < 4.78 is 13.5. The number of nitrogens with one attached hydrogen (secondary N) is 5. The summed E-state index contributed by atoms with van der Waals surface area (Å²) in [6.07, 6.45) is 0.257. The molecule has 1 aromatic carbocycles. The Bertz CT molecular complexity index is 663. The molecule has 128 valence electrons. The molecule has 5 N–H and O–H groups in total. The predicted octanol–water partition coefficient (Wildman–Crippen LogP) is -0.421. The van der Waals surface area contributed by atoms with Gasteiger partial charge in [-0.1, -0.05) is 17.7 Å². The van der Waals surface area contributed by atoms with E-state index in [9.17, 15) is 18.8 Å². The van der Waals surface area contributed by atoms with E-state index < -0.39 is 29.8 Å². The molecule has 24 heavy (non-hydrogen) atoms. The van der Waals surface area contributed by atoms with Crippen LogP contribution in [0.3, 0.4) is 0 Å². The molecule has 1 fully saturated rings. The Morgan fingerprint density at radius 3 is 2.92 bits per heavy atom. The zero-order valence-electron chi connectivity index (χ0n) is 12.2. The average molecular weight is 357 g/mol. The Morgan fingerprint density at radius 1 is 1.42 bits per heavy atom. The topological polar surface area (TPSA) is 124 Å². The molecule has 11 heteroatoms. The van der Waals surface area contributed by atoms with Crippen molar-refractivity contribution >= 4 is 35.7 Å². The lowest BCUT2D eigenvalue weighted by Gasteiger charge is -2.23. The quantitative estimate of drug-likeness (QED) is 0.350. The first-order valence-corrected chi connectivity index (χ1v) is 7.21. The van der Waals surface area contributed by atoms with Gasteiger partial charge in [-0.2, -0.15) is 5.10 Å². The van der Waals surface area contributed by atoms with Crippen molar-refractivity contribution in [3.8, 4) is 0 Å². The molecule has 0 saturated carbocycles. The van der Waals surface area contributed by atoms with Crippen LogP contribution in [0.4, 0.5) is 9.18 Å². The highest BCUT2D eigenvalue weighted by atomic mass is 35.5. The second kappa shape index (κ2) is 8.34. The highest BCUT2D eigenvalue weighted by molar-refractivity contribution is 6.33. The van der Waals surface area contributed by atoms with Crippen molar-refractivity contribution < 1.29 is 18.8 Å². The van der Waals surface area contributed by atoms with Gasteiger partial charge in [0.25, 0.3) is 5.91 Å². The Kier molecular flexibility index (Phi) is 6.18. The molecule has 1 heterocycles. The van der Waals surface area contributed by atoms with Crippen LogP contribution >= 0.6 is 11.6 Å². The summed E-state index contributed by atoms with van der Waals surface area (Å²) in [7, 11) is 0. The van der Waals surface area contributed by atoms with Gasteiger partial charge in [0.15, 0.2) is 6.17 Å². The lowest BCUT2D eigenvalue weighted by molar-refractivity contribution is -0.125. The molecular formula is C13H14ClFN6O3. The van der Waals surface area contributed by atoms with Crippen LogP contribution < -0.4 is 26.9 Å². The second-order valence-electron chi connectivity index (χ2n) is 4.65. The maximum atomic E-state index is 13.5. The Morgan fingerprint density at radius 2 is 2.21 bits per heavy atom. The Labute approximate surface area is 141 Å². The van der Waals surface area contributed by atoms with Crippen LogP contribution in [-0.2, 0) is 9.59 Å². The summed E-state index contributed by atoms with van der Waals surface area (Å²) in [6, 6.07) is 3.52. The number of hydrazine groups is 1. The maximum Gasteiger partial charge on any atom is 0.335 e. The van der Waals surface area contributed by atoms with Gasteiger partial charge in [-0.3, -0.25) is 25.6 Å². The van der Waals surface area contributed by atoms with Gasteiger partial charge in [0, 0.05) is 18.5 Å². The van der Waals surface area contributed by atoms with E-state index in [1.165, 1.54) is 18.2 Å². The van der Waals surface area contributed by atoms with Crippen LogP contribution in [-0.4, -0.2) is 36.8 Å². The van der Waals surface area contributed by atoms with Gasteiger partial charge < -0.3 is 0 Å². The predicted molar refractivity (Wildman–Crippen MR) is 83.4 cm³/mol. The molecular weight excluding hydrogens is 343 g/mol. The number of urea groups is 1. The molecule has 0 aliphatic carbocycles. The van der Waals surface area contributed by atoms with E-state index in [4.69, 9.17) is 11.6 Å². The van der Waals surface area contributed by atoms with Crippen molar-refractivity contribution in [1.82, 2.24) is 26.9 Å². The number of amides is 4. The number of halogens is 2. The van der Waals surface area contributed by atoms with Gasteiger partial charge in [-0.25, -0.2) is 20.0 Å². The summed E-state index contributed by atoms with van der Waals surface area (Å²) in [5, 5.41) is 8.56. The lowest BCUT2D eigenvalue weighted by atomic mass is 10.2. The minimum atomic E-state index is -0.851. The van der Waals surface area contributed by atoms with Gasteiger partial charge in [-0.15, -0.1) is 0 Å². The third-order valence-corrected chi connectivity index (χ3v) is 3.24. The average Bonchev–Trinajstić information content (AvgIpc) is 2.52. The molecule has 0 spiro atoms. The fraction of sp³-hybridized carbons (Fsp3) is 0.231. The standard InChI is InChI=1S/C13H14ClFN6O3/c14-8-2-1-3-9(15)7(8)6-17-19-10(22)4-5-16-11-12(23)18-13(24)21-20-11/h1-3,6,11,16,20H,4-5H2,(H,19,22)(H2,18,21,23,24)/b17-6+. The van der Waals surface area contributed by atoms with E-state index in [0.717, 1.165) is 6.21 Å². The number of rotatable bonds is 6. The molecule has 0 radical (unpaired) electrons. The third-order valence-electron chi connectivity index (χ3n) is 2.91. The first-order valence-electron chi connectivity index (χ1n) is 6.83. The van der Waals surface area contributed by atoms with Crippen molar-refractivity contribution in [3.63, 3.8) is 0 Å². The molecule has 1 aromatic rings. The highest BCUT2D eigenvalue weighted by Gasteiger charge is 2.24. The van der Waals surface area contributed by atoms with Crippen LogP contribution in [0.5, 0.6) is 0 Å². The van der Waals surface area contributed by atoms with Crippen LogP contribution in [0.25, 0.3) is 0 Å². The lowest BCUT2D eigenvalue weighted by Crippen LogP contribution is -2.67. The van der Waals surface area contributed by atoms with E-state index >= 15 is 0 Å². The fourth-order valence-electron chi connectivity index (χ4n) is 1.75. The third kappa shape index (κ3) is 4.98. The normalized spacial score (nSPS) is 17.5. The highest BCUT2D eigenvalue weighted by Crippen LogP contribution is 2.16. The Balaban J connectivity index is 1.73. The van der Waals surface area contributed by atoms with Crippen LogP contribution in [0, 0.1) is 5.82 Å². The molecule has 0 bridgehead atoms. The number of nitrogens with zero attached hydrogens (tertiary/aromatic N) is 1. The Hall–Kier alpha value is -2.56. The number of benzene rings is 1. The molecule has 0 aromatic heterocycles. The van der Waals surface area contributed by atoms with E-state index in [1.54, 1.807) is 0 Å². The number of imide groups is 1. The van der Waals surface area contributed by atoms with Crippen molar-refractivity contribution in [2.24, 2.45) is 5.10 Å². The SMILES string of the molecule is O=C(CCNC1NNC(=O)NC1=O)N/N=C/c1c(F)cccc1Cl. The molecule has 1 atom stereocenters. The molecule has 2 rings (SSSR count). The minimum Gasteiger partial charge on any atom is -0.292 e. The smallest absolute Gasteiger partial charge is 0.292 e. The van der Waals surface area contributed by atoms with Gasteiger partial charge in [0.1, 0.15) is 5.82 Å². The minimum absolute atomic E-state index is 0.00174. The van der Waals surface area contributed by atoms with Gasteiger partial charge in [0.2, 0.25) is 5.91 Å². The maximum absolute atomic E-state index is 13.5. The summed E-state index contributed by atoms with van der Waals surface area (Å²) in [5.74, 6) is -1.57. The number of carbonyl (C=O) groups is 3. The number of hydrogen-bond donors (Lipinski definition) is 5. The zero-order valence-corrected chi connectivity index (χ0v) is 13.0. The zero-order chi connectivity index (χ0) is 17.5. The van der Waals surface area contributed by atoms with Crippen molar-refractivity contribution in [2.75, 3.05) is 6.54 Å². The van der Waals surface area contributed by atoms with E-state index in [2.05, 4.69) is 26.7 Å². The van der Waals surface area contributed by atoms with Crippen molar-refractivity contribution in [2.45, 2.75) is 12.6 Å².